The maximum atomic E-state index is 14.0. The molecule has 0 amide bonds. The lowest BCUT2D eigenvalue weighted by molar-refractivity contribution is 0.285. The first-order chi connectivity index (χ1) is 9.15. The molecule has 5 heteroatoms. The number of hydrogen-bond donors (Lipinski definition) is 2. The van der Waals surface area contributed by atoms with Crippen LogP contribution in [0.4, 0.5) is 4.39 Å². The third-order valence-corrected chi connectivity index (χ3v) is 2.89. The molecule has 0 radical (unpaired) electrons. The van der Waals surface area contributed by atoms with E-state index in [1.165, 1.54) is 6.07 Å². The molecule has 0 fully saturated rings. The summed E-state index contributed by atoms with van der Waals surface area (Å²) < 4.78 is 24.9. The fourth-order valence-corrected chi connectivity index (χ4v) is 1.84. The largest absolute Gasteiger partial charge is 0.490 e. The number of halogens is 1. The Balaban J connectivity index is 3.01. The van der Waals surface area contributed by atoms with Crippen LogP contribution in [0.2, 0.25) is 0 Å². The second-order valence-electron chi connectivity index (χ2n) is 4.30. The zero-order valence-corrected chi connectivity index (χ0v) is 11.6. The predicted molar refractivity (Wildman–Crippen MR) is 74.0 cm³/mol. The van der Waals surface area contributed by atoms with Crippen LogP contribution >= 0.6 is 0 Å². The fourth-order valence-electron chi connectivity index (χ4n) is 1.84. The van der Waals surface area contributed by atoms with E-state index in [0.717, 1.165) is 0 Å². The van der Waals surface area contributed by atoms with Crippen molar-refractivity contribution in [2.24, 2.45) is 17.4 Å². The Morgan fingerprint density at radius 3 is 2.05 bits per heavy atom. The van der Waals surface area contributed by atoms with E-state index in [-0.39, 0.29) is 11.7 Å². The summed E-state index contributed by atoms with van der Waals surface area (Å²) in [6, 6.07) is 3.05. The summed E-state index contributed by atoms with van der Waals surface area (Å²) in [4.78, 5) is 0. The van der Waals surface area contributed by atoms with Crippen LogP contribution in [0, 0.1) is 11.7 Å². The predicted octanol–water partition coefficient (Wildman–Crippen LogP) is 1.70. The van der Waals surface area contributed by atoms with E-state index < -0.39 is 0 Å². The van der Waals surface area contributed by atoms with Crippen LogP contribution in [-0.2, 0) is 6.42 Å². The minimum Gasteiger partial charge on any atom is -0.490 e. The molecule has 0 spiro atoms. The highest BCUT2D eigenvalue weighted by Gasteiger charge is 2.15. The third-order valence-electron chi connectivity index (χ3n) is 2.89. The summed E-state index contributed by atoms with van der Waals surface area (Å²) in [6.45, 7) is 5.57. The van der Waals surface area contributed by atoms with Crippen molar-refractivity contribution in [1.29, 1.82) is 0 Å². The van der Waals surface area contributed by atoms with Gasteiger partial charge in [-0.2, -0.15) is 0 Å². The van der Waals surface area contributed by atoms with Gasteiger partial charge in [0, 0.05) is 6.07 Å². The molecule has 1 rings (SSSR count). The van der Waals surface area contributed by atoms with E-state index in [2.05, 4.69) is 0 Å². The standard InChI is InChI=1S/C14H23FN2O2/c1-3-18-13-6-11(5-10(8-16)9-17)12(15)7-14(13)19-4-2/h6-7,10H,3-5,8-9,16-17H2,1-2H3. The van der Waals surface area contributed by atoms with Crippen molar-refractivity contribution in [1.82, 2.24) is 0 Å². The quantitative estimate of drug-likeness (QED) is 0.754. The summed E-state index contributed by atoms with van der Waals surface area (Å²) in [5, 5.41) is 0. The van der Waals surface area contributed by atoms with Gasteiger partial charge >= 0.3 is 0 Å². The minimum atomic E-state index is -0.307. The minimum absolute atomic E-state index is 0.0712. The molecular formula is C14H23FN2O2. The summed E-state index contributed by atoms with van der Waals surface area (Å²) in [7, 11) is 0. The lowest BCUT2D eigenvalue weighted by Crippen LogP contribution is -2.25. The lowest BCUT2D eigenvalue weighted by Gasteiger charge is -2.16. The fraction of sp³-hybridized carbons (Fsp3) is 0.571. The van der Waals surface area contributed by atoms with Crippen molar-refractivity contribution < 1.29 is 13.9 Å². The van der Waals surface area contributed by atoms with E-state index in [9.17, 15) is 4.39 Å². The van der Waals surface area contributed by atoms with Gasteiger partial charge in [-0.15, -0.1) is 0 Å². The first kappa shape index (κ1) is 15.7. The van der Waals surface area contributed by atoms with Gasteiger partial charge in [0.25, 0.3) is 0 Å². The topological polar surface area (TPSA) is 70.5 Å². The van der Waals surface area contributed by atoms with Crippen molar-refractivity contribution in [3.8, 4) is 11.5 Å². The van der Waals surface area contributed by atoms with E-state index in [0.29, 0.717) is 49.8 Å². The normalized spacial score (nSPS) is 10.8. The molecule has 108 valence electrons. The summed E-state index contributed by atoms with van der Waals surface area (Å²) in [5.74, 6) is 0.761. The Morgan fingerprint density at radius 2 is 1.58 bits per heavy atom. The smallest absolute Gasteiger partial charge is 0.164 e. The molecular weight excluding hydrogens is 247 g/mol. The second kappa shape index (κ2) is 7.96. The summed E-state index contributed by atoms with van der Waals surface area (Å²) in [5.41, 5.74) is 11.8. The Bertz CT molecular complexity index is 395. The summed E-state index contributed by atoms with van der Waals surface area (Å²) in [6.07, 6.45) is 0.505. The van der Waals surface area contributed by atoms with Crippen LogP contribution in [0.15, 0.2) is 12.1 Å². The van der Waals surface area contributed by atoms with E-state index >= 15 is 0 Å². The average molecular weight is 270 g/mol. The highest BCUT2D eigenvalue weighted by atomic mass is 19.1. The second-order valence-corrected chi connectivity index (χ2v) is 4.30. The van der Waals surface area contributed by atoms with E-state index in [4.69, 9.17) is 20.9 Å². The van der Waals surface area contributed by atoms with Crippen LogP contribution < -0.4 is 20.9 Å². The molecule has 1 aromatic rings. The zero-order chi connectivity index (χ0) is 14.3. The number of nitrogens with two attached hydrogens (primary N) is 2. The highest BCUT2D eigenvalue weighted by molar-refractivity contribution is 5.44. The molecule has 1 aromatic carbocycles. The highest BCUT2D eigenvalue weighted by Crippen LogP contribution is 2.31. The molecule has 0 bridgehead atoms. The Morgan fingerprint density at radius 1 is 1.05 bits per heavy atom. The first-order valence-electron chi connectivity index (χ1n) is 6.64. The average Bonchev–Trinajstić information content (AvgIpc) is 2.40. The monoisotopic (exact) mass is 270 g/mol. The molecule has 0 heterocycles. The van der Waals surface area contributed by atoms with Gasteiger partial charge in [-0.05, 0) is 50.9 Å². The molecule has 0 aromatic heterocycles. The lowest BCUT2D eigenvalue weighted by atomic mass is 9.98. The van der Waals surface area contributed by atoms with Crippen molar-refractivity contribution >= 4 is 0 Å². The Labute approximate surface area is 113 Å². The van der Waals surface area contributed by atoms with Gasteiger partial charge in [0.05, 0.1) is 13.2 Å². The first-order valence-corrected chi connectivity index (χ1v) is 6.64. The van der Waals surface area contributed by atoms with Crippen LogP contribution in [-0.4, -0.2) is 26.3 Å². The molecule has 0 aliphatic carbocycles. The van der Waals surface area contributed by atoms with Gasteiger partial charge in [-0.1, -0.05) is 0 Å². The van der Waals surface area contributed by atoms with Crippen LogP contribution in [0.3, 0.4) is 0 Å². The molecule has 0 aliphatic heterocycles. The van der Waals surface area contributed by atoms with Gasteiger partial charge in [0.15, 0.2) is 11.5 Å². The molecule has 4 nitrogen and oxygen atoms in total. The van der Waals surface area contributed by atoms with Crippen molar-refractivity contribution in [2.75, 3.05) is 26.3 Å². The van der Waals surface area contributed by atoms with Crippen molar-refractivity contribution in [3.63, 3.8) is 0 Å². The third kappa shape index (κ3) is 4.36. The van der Waals surface area contributed by atoms with Gasteiger partial charge in [0.1, 0.15) is 5.82 Å². The molecule has 0 aliphatic rings. The molecule has 0 saturated carbocycles. The van der Waals surface area contributed by atoms with Crippen LogP contribution in [0.1, 0.15) is 19.4 Å². The van der Waals surface area contributed by atoms with Gasteiger partial charge in [0.2, 0.25) is 0 Å². The molecule has 0 unspecified atom stereocenters. The van der Waals surface area contributed by atoms with E-state index in [1.54, 1.807) is 6.07 Å². The molecule has 0 atom stereocenters. The SMILES string of the molecule is CCOc1cc(F)c(CC(CN)CN)cc1OCC. The molecule has 4 N–H and O–H groups in total. The zero-order valence-electron chi connectivity index (χ0n) is 11.6. The molecule has 0 saturated heterocycles. The number of rotatable bonds is 8. The number of hydrogen-bond acceptors (Lipinski definition) is 4. The van der Waals surface area contributed by atoms with Crippen molar-refractivity contribution in [2.45, 2.75) is 20.3 Å². The van der Waals surface area contributed by atoms with E-state index in [1.807, 2.05) is 13.8 Å². The van der Waals surface area contributed by atoms with Crippen LogP contribution in [0.5, 0.6) is 11.5 Å². The Kier molecular flexibility index (Phi) is 6.59. The van der Waals surface area contributed by atoms with Crippen molar-refractivity contribution in [3.05, 3.63) is 23.5 Å². The number of benzene rings is 1. The maximum absolute atomic E-state index is 14.0. The van der Waals surface area contributed by atoms with Gasteiger partial charge in [-0.25, -0.2) is 4.39 Å². The van der Waals surface area contributed by atoms with Crippen LogP contribution in [0.25, 0.3) is 0 Å². The maximum Gasteiger partial charge on any atom is 0.164 e. The summed E-state index contributed by atoms with van der Waals surface area (Å²) >= 11 is 0. The number of ether oxygens (including phenoxy) is 2. The van der Waals surface area contributed by atoms with Gasteiger partial charge in [-0.3, -0.25) is 0 Å². The molecule has 19 heavy (non-hydrogen) atoms. The van der Waals surface area contributed by atoms with Gasteiger partial charge < -0.3 is 20.9 Å². The Hall–Kier alpha value is -1.33.